The number of hydrogen-bond donors (Lipinski definition) is 2. The van der Waals surface area contributed by atoms with Gasteiger partial charge in [0.15, 0.2) is 5.65 Å². The second-order valence-electron chi connectivity index (χ2n) is 6.42. The zero-order valence-corrected chi connectivity index (χ0v) is 14.6. The summed E-state index contributed by atoms with van der Waals surface area (Å²) in [5.41, 5.74) is 2.52. The van der Waals surface area contributed by atoms with E-state index in [0.29, 0.717) is 0 Å². The Morgan fingerprint density at radius 1 is 1.15 bits per heavy atom. The Kier molecular flexibility index (Phi) is 4.99. The number of nitrogens with zero attached hydrogens (tertiary/aromatic N) is 4. The molecule has 0 aliphatic carbocycles. The summed E-state index contributed by atoms with van der Waals surface area (Å²) in [5.74, 6) is 1.05. The lowest BCUT2D eigenvalue weighted by Crippen LogP contribution is -2.37. The zero-order chi connectivity index (χ0) is 17.8. The van der Waals surface area contributed by atoms with Crippen LogP contribution >= 0.6 is 0 Å². The van der Waals surface area contributed by atoms with E-state index in [1.54, 1.807) is 22.8 Å². The van der Waals surface area contributed by atoms with Crippen LogP contribution < -0.4 is 5.32 Å². The van der Waals surface area contributed by atoms with Crippen LogP contribution in [0.5, 0.6) is 5.75 Å². The predicted molar refractivity (Wildman–Crippen MR) is 100 cm³/mol. The van der Waals surface area contributed by atoms with Crippen molar-refractivity contribution in [1.29, 1.82) is 0 Å². The summed E-state index contributed by atoms with van der Waals surface area (Å²) < 4.78 is 7.18. The van der Waals surface area contributed by atoms with Gasteiger partial charge >= 0.3 is 0 Å². The molecule has 1 aromatic carbocycles. The maximum Gasteiger partial charge on any atom is 0.154 e. The molecule has 1 saturated heterocycles. The number of nitrogens with one attached hydrogen (secondary N) is 1. The SMILES string of the molecule is Oc1cccc(-c2cnc3ccc(NCCCN4CCOCC4)nn23)c1. The summed E-state index contributed by atoms with van der Waals surface area (Å²) in [7, 11) is 0. The van der Waals surface area contributed by atoms with Gasteiger partial charge in [-0.25, -0.2) is 9.50 Å². The standard InChI is InChI=1S/C19H23N5O2/c25-16-4-1-3-15(13-16)17-14-21-19-6-5-18(22-24(17)19)20-7-2-8-23-9-11-26-12-10-23/h1,3-6,13-14,25H,2,7-12H2,(H,20,22). The van der Waals surface area contributed by atoms with Crippen LogP contribution in [0.4, 0.5) is 5.82 Å². The van der Waals surface area contributed by atoms with Crippen LogP contribution in [0, 0.1) is 0 Å². The highest BCUT2D eigenvalue weighted by Gasteiger charge is 2.10. The van der Waals surface area contributed by atoms with E-state index in [4.69, 9.17) is 4.74 Å². The van der Waals surface area contributed by atoms with Gasteiger partial charge in [0, 0.05) is 25.2 Å². The van der Waals surface area contributed by atoms with Crippen LogP contribution in [-0.2, 0) is 4.74 Å². The number of imidazole rings is 1. The molecule has 0 spiro atoms. The number of aromatic nitrogens is 3. The predicted octanol–water partition coefficient (Wildman–Crippen LogP) is 2.24. The van der Waals surface area contributed by atoms with Crippen molar-refractivity contribution in [1.82, 2.24) is 19.5 Å². The fourth-order valence-electron chi connectivity index (χ4n) is 3.17. The van der Waals surface area contributed by atoms with Crippen LogP contribution in [0.15, 0.2) is 42.6 Å². The van der Waals surface area contributed by atoms with Crippen molar-refractivity contribution in [2.75, 3.05) is 44.7 Å². The Labute approximate surface area is 152 Å². The molecule has 0 radical (unpaired) electrons. The van der Waals surface area contributed by atoms with Crippen molar-refractivity contribution < 1.29 is 9.84 Å². The Hall–Kier alpha value is -2.64. The molecule has 1 aliphatic heterocycles. The molecule has 1 aliphatic rings. The fourth-order valence-corrected chi connectivity index (χ4v) is 3.17. The van der Waals surface area contributed by atoms with E-state index in [0.717, 1.165) is 68.5 Å². The molecule has 1 fully saturated rings. The zero-order valence-electron chi connectivity index (χ0n) is 14.6. The molecule has 0 amide bonds. The number of hydrogen-bond acceptors (Lipinski definition) is 6. The maximum atomic E-state index is 9.72. The summed E-state index contributed by atoms with van der Waals surface area (Å²) >= 11 is 0. The largest absolute Gasteiger partial charge is 0.508 e. The molecule has 0 bridgehead atoms. The second kappa shape index (κ2) is 7.72. The molecule has 2 N–H and O–H groups in total. The number of phenols is 1. The third-order valence-corrected chi connectivity index (χ3v) is 4.57. The number of rotatable bonds is 6. The maximum absolute atomic E-state index is 9.72. The van der Waals surface area contributed by atoms with Gasteiger partial charge in [-0.2, -0.15) is 0 Å². The molecule has 0 atom stereocenters. The molecule has 136 valence electrons. The molecule has 4 rings (SSSR count). The number of ether oxygens (including phenoxy) is 1. The smallest absolute Gasteiger partial charge is 0.154 e. The third kappa shape index (κ3) is 3.79. The molecule has 7 heteroatoms. The summed E-state index contributed by atoms with van der Waals surface area (Å²) in [5, 5.41) is 17.8. The van der Waals surface area contributed by atoms with Crippen LogP contribution in [-0.4, -0.2) is 64.0 Å². The lowest BCUT2D eigenvalue weighted by molar-refractivity contribution is 0.0378. The first-order chi connectivity index (χ1) is 12.8. The van der Waals surface area contributed by atoms with Crippen molar-refractivity contribution in [3.63, 3.8) is 0 Å². The average molecular weight is 353 g/mol. The molecule has 26 heavy (non-hydrogen) atoms. The summed E-state index contributed by atoms with van der Waals surface area (Å²) in [4.78, 5) is 6.82. The van der Waals surface area contributed by atoms with Gasteiger partial charge in [-0.1, -0.05) is 12.1 Å². The minimum atomic E-state index is 0.231. The minimum Gasteiger partial charge on any atom is -0.508 e. The van der Waals surface area contributed by atoms with Gasteiger partial charge in [-0.15, -0.1) is 5.10 Å². The van der Waals surface area contributed by atoms with Gasteiger partial charge in [0.2, 0.25) is 0 Å². The van der Waals surface area contributed by atoms with E-state index in [1.807, 2.05) is 24.3 Å². The van der Waals surface area contributed by atoms with Gasteiger partial charge in [-0.3, -0.25) is 4.90 Å². The topological polar surface area (TPSA) is 74.9 Å². The third-order valence-electron chi connectivity index (χ3n) is 4.57. The first kappa shape index (κ1) is 16.8. The molecule has 0 saturated carbocycles. The molecule has 7 nitrogen and oxygen atoms in total. The average Bonchev–Trinajstić information content (AvgIpc) is 3.09. The lowest BCUT2D eigenvalue weighted by atomic mass is 10.1. The van der Waals surface area contributed by atoms with Gasteiger partial charge in [0.1, 0.15) is 11.6 Å². The lowest BCUT2D eigenvalue weighted by Gasteiger charge is -2.26. The summed E-state index contributed by atoms with van der Waals surface area (Å²) in [6, 6.07) is 11.0. The molecule has 3 aromatic rings. The second-order valence-corrected chi connectivity index (χ2v) is 6.42. The van der Waals surface area contributed by atoms with E-state index >= 15 is 0 Å². The highest BCUT2D eigenvalue weighted by atomic mass is 16.5. The fraction of sp³-hybridized carbons (Fsp3) is 0.368. The van der Waals surface area contributed by atoms with Crippen LogP contribution in [0.1, 0.15) is 6.42 Å². The van der Waals surface area contributed by atoms with Crippen molar-refractivity contribution in [3.8, 4) is 17.0 Å². The Balaban J connectivity index is 1.42. The van der Waals surface area contributed by atoms with Crippen molar-refractivity contribution in [2.24, 2.45) is 0 Å². The highest BCUT2D eigenvalue weighted by Crippen LogP contribution is 2.24. The molecular weight excluding hydrogens is 330 g/mol. The number of phenolic OH excluding ortho intramolecular Hbond substituents is 1. The van der Waals surface area contributed by atoms with Gasteiger partial charge in [0.25, 0.3) is 0 Å². The number of morpholine rings is 1. The van der Waals surface area contributed by atoms with E-state index in [2.05, 4.69) is 20.3 Å². The number of benzene rings is 1. The number of anilines is 1. The Morgan fingerprint density at radius 2 is 2.04 bits per heavy atom. The van der Waals surface area contributed by atoms with E-state index < -0.39 is 0 Å². The molecule has 2 aromatic heterocycles. The normalized spacial score (nSPS) is 15.4. The van der Waals surface area contributed by atoms with Crippen LogP contribution in [0.2, 0.25) is 0 Å². The van der Waals surface area contributed by atoms with Crippen molar-refractivity contribution >= 4 is 11.5 Å². The Morgan fingerprint density at radius 3 is 2.88 bits per heavy atom. The quantitative estimate of drug-likeness (QED) is 0.662. The van der Waals surface area contributed by atoms with Gasteiger partial charge in [-0.05, 0) is 37.2 Å². The first-order valence-electron chi connectivity index (χ1n) is 8.98. The summed E-state index contributed by atoms with van der Waals surface area (Å²) in [6.07, 6.45) is 2.84. The van der Waals surface area contributed by atoms with Gasteiger partial charge in [0.05, 0.1) is 25.1 Å². The molecule has 3 heterocycles. The monoisotopic (exact) mass is 353 g/mol. The van der Waals surface area contributed by atoms with Crippen molar-refractivity contribution in [3.05, 3.63) is 42.6 Å². The first-order valence-corrected chi connectivity index (χ1v) is 8.98. The Bertz CT molecular complexity index is 873. The molecular formula is C19H23N5O2. The van der Waals surface area contributed by atoms with E-state index in [-0.39, 0.29) is 5.75 Å². The molecule has 0 unspecified atom stereocenters. The number of aromatic hydroxyl groups is 1. The van der Waals surface area contributed by atoms with E-state index in [1.165, 1.54) is 0 Å². The van der Waals surface area contributed by atoms with Crippen LogP contribution in [0.3, 0.4) is 0 Å². The highest BCUT2D eigenvalue weighted by molar-refractivity contribution is 5.65. The van der Waals surface area contributed by atoms with Gasteiger partial charge < -0.3 is 15.2 Å². The van der Waals surface area contributed by atoms with Crippen molar-refractivity contribution in [2.45, 2.75) is 6.42 Å². The van der Waals surface area contributed by atoms with Crippen LogP contribution in [0.25, 0.3) is 16.9 Å². The summed E-state index contributed by atoms with van der Waals surface area (Å²) in [6.45, 7) is 5.65. The van der Waals surface area contributed by atoms with E-state index in [9.17, 15) is 5.11 Å². The number of fused-ring (bicyclic) bond motifs is 1. The minimum absolute atomic E-state index is 0.231.